The molecule has 1 fully saturated rings. The zero-order valence-corrected chi connectivity index (χ0v) is 7.51. The van der Waals surface area contributed by atoms with Gasteiger partial charge in [-0.1, -0.05) is 0 Å². The minimum absolute atomic E-state index is 0.114. The highest BCUT2D eigenvalue weighted by Crippen LogP contribution is 2.27. The van der Waals surface area contributed by atoms with Crippen molar-refractivity contribution >= 4 is 0 Å². The van der Waals surface area contributed by atoms with Gasteiger partial charge in [-0.3, -0.25) is 0 Å². The Bertz CT molecular complexity index is 171. The van der Waals surface area contributed by atoms with Crippen LogP contribution in [0.4, 0.5) is 13.2 Å². The number of hydrogen-bond donors (Lipinski definition) is 1. The second kappa shape index (κ2) is 3.84. The van der Waals surface area contributed by atoms with Crippen LogP contribution in [0.2, 0.25) is 0 Å². The van der Waals surface area contributed by atoms with Crippen LogP contribution in [0.15, 0.2) is 0 Å². The molecular weight excluding hydrogens is 183 g/mol. The first-order chi connectivity index (χ1) is 5.91. The van der Waals surface area contributed by atoms with Crippen LogP contribution in [0.25, 0.3) is 0 Å². The van der Waals surface area contributed by atoms with E-state index < -0.39 is 12.3 Å². The minimum atomic E-state index is -4.47. The summed E-state index contributed by atoms with van der Waals surface area (Å²) in [5.41, 5.74) is 0. The molecule has 0 saturated carbocycles. The molecule has 0 aliphatic carbocycles. The number of halogens is 3. The number of alkyl halides is 3. The Kier molecular flexibility index (Phi) is 3.18. The van der Waals surface area contributed by atoms with E-state index in [9.17, 15) is 13.2 Å². The molecule has 0 bridgehead atoms. The maximum absolute atomic E-state index is 12.0. The lowest BCUT2D eigenvalue weighted by molar-refractivity contribution is -0.208. The van der Waals surface area contributed by atoms with E-state index >= 15 is 0 Å². The lowest BCUT2D eigenvalue weighted by atomic mass is 10.1. The van der Waals surface area contributed by atoms with Crippen LogP contribution >= 0.6 is 0 Å². The molecule has 2 nitrogen and oxygen atoms in total. The zero-order valence-electron chi connectivity index (χ0n) is 7.51. The third-order valence-corrected chi connectivity index (χ3v) is 2.54. The molecule has 1 aliphatic rings. The Hall–Kier alpha value is -0.290. The summed E-state index contributed by atoms with van der Waals surface area (Å²) in [5.74, 6) is 0. The van der Waals surface area contributed by atoms with Gasteiger partial charge in [0.15, 0.2) is 6.10 Å². The molecule has 13 heavy (non-hydrogen) atoms. The third-order valence-electron chi connectivity index (χ3n) is 2.54. The molecular formula is C8H14F3NO. The molecule has 1 N–H and O–H groups in total. The highest BCUT2D eigenvalue weighted by atomic mass is 19.4. The van der Waals surface area contributed by atoms with Crippen molar-refractivity contribution in [2.75, 3.05) is 13.6 Å². The van der Waals surface area contributed by atoms with E-state index in [4.69, 9.17) is 5.11 Å². The second-order valence-electron chi connectivity index (χ2n) is 3.57. The van der Waals surface area contributed by atoms with Gasteiger partial charge < -0.3 is 10.0 Å². The van der Waals surface area contributed by atoms with Gasteiger partial charge in [-0.05, 0) is 32.9 Å². The van der Waals surface area contributed by atoms with Gasteiger partial charge in [-0.2, -0.15) is 13.2 Å². The van der Waals surface area contributed by atoms with Gasteiger partial charge >= 0.3 is 6.18 Å². The highest BCUT2D eigenvalue weighted by molar-refractivity contribution is 4.81. The highest BCUT2D eigenvalue weighted by Gasteiger charge is 2.40. The molecule has 1 aliphatic heterocycles. The lowest BCUT2D eigenvalue weighted by Crippen LogP contribution is -2.36. The normalized spacial score (nSPS) is 27.9. The van der Waals surface area contributed by atoms with Crippen LogP contribution in [0, 0.1) is 0 Å². The Balaban J connectivity index is 2.40. The monoisotopic (exact) mass is 197 g/mol. The fraction of sp³-hybridized carbons (Fsp3) is 1.00. The van der Waals surface area contributed by atoms with Crippen molar-refractivity contribution in [1.29, 1.82) is 0 Å². The van der Waals surface area contributed by atoms with Gasteiger partial charge in [0.25, 0.3) is 0 Å². The maximum Gasteiger partial charge on any atom is 0.414 e. The summed E-state index contributed by atoms with van der Waals surface area (Å²) >= 11 is 0. The number of nitrogens with zero attached hydrogens (tertiary/aromatic N) is 1. The molecule has 1 saturated heterocycles. The molecule has 0 spiro atoms. The van der Waals surface area contributed by atoms with E-state index in [0.29, 0.717) is 0 Å². The first kappa shape index (κ1) is 10.8. The summed E-state index contributed by atoms with van der Waals surface area (Å²) < 4.78 is 35.9. The van der Waals surface area contributed by atoms with Gasteiger partial charge in [0, 0.05) is 6.04 Å². The molecule has 1 heterocycles. The molecule has 0 amide bonds. The standard InChI is InChI=1S/C8H14F3NO/c1-12-4-2-3-6(12)5-7(13)8(9,10)11/h6-7,13H,2-5H2,1H3. The molecule has 78 valence electrons. The van der Waals surface area contributed by atoms with Crippen LogP contribution in [0.1, 0.15) is 19.3 Å². The predicted octanol–water partition coefficient (Wildman–Crippen LogP) is 1.39. The quantitative estimate of drug-likeness (QED) is 0.723. The maximum atomic E-state index is 12.0. The third kappa shape index (κ3) is 2.84. The van der Waals surface area contributed by atoms with Crippen molar-refractivity contribution in [2.24, 2.45) is 0 Å². The average molecular weight is 197 g/mol. The Labute approximate surface area is 75.3 Å². The SMILES string of the molecule is CN1CCCC1CC(O)C(F)(F)F. The van der Waals surface area contributed by atoms with Crippen molar-refractivity contribution in [3.63, 3.8) is 0 Å². The van der Waals surface area contributed by atoms with E-state index in [1.165, 1.54) is 0 Å². The Morgan fingerprint density at radius 1 is 1.54 bits per heavy atom. The van der Waals surface area contributed by atoms with Gasteiger partial charge in [0.2, 0.25) is 0 Å². The smallest absolute Gasteiger partial charge is 0.384 e. The van der Waals surface area contributed by atoms with Crippen LogP contribution in [-0.4, -0.2) is 41.9 Å². The van der Waals surface area contributed by atoms with Crippen molar-refractivity contribution in [3.8, 4) is 0 Å². The van der Waals surface area contributed by atoms with E-state index in [1.807, 2.05) is 4.90 Å². The molecule has 2 unspecified atom stereocenters. The fourth-order valence-corrected chi connectivity index (χ4v) is 1.67. The number of hydrogen-bond acceptors (Lipinski definition) is 2. The average Bonchev–Trinajstić information content (AvgIpc) is 2.34. The molecule has 0 aromatic carbocycles. The van der Waals surface area contributed by atoms with Crippen LogP contribution in [0.3, 0.4) is 0 Å². The second-order valence-corrected chi connectivity index (χ2v) is 3.57. The summed E-state index contributed by atoms with van der Waals surface area (Å²) in [4.78, 5) is 1.87. The summed E-state index contributed by atoms with van der Waals surface area (Å²) in [6, 6.07) is -0.114. The summed E-state index contributed by atoms with van der Waals surface area (Å²) in [6.07, 6.45) is -5.16. The summed E-state index contributed by atoms with van der Waals surface area (Å²) in [5, 5.41) is 8.81. The number of rotatable bonds is 2. The first-order valence-corrected chi connectivity index (χ1v) is 4.36. The molecule has 0 radical (unpaired) electrons. The van der Waals surface area contributed by atoms with Crippen LogP contribution in [0.5, 0.6) is 0 Å². The summed E-state index contributed by atoms with van der Waals surface area (Å²) in [6.45, 7) is 0.829. The molecule has 5 heteroatoms. The Morgan fingerprint density at radius 3 is 2.54 bits per heavy atom. The zero-order chi connectivity index (χ0) is 10.1. The van der Waals surface area contributed by atoms with Crippen LogP contribution < -0.4 is 0 Å². The van der Waals surface area contributed by atoms with E-state index in [0.717, 1.165) is 19.4 Å². The lowest BCUT2D eigenvalue weighted by Gasteiger charge is -2.23. The number of aliphatic hydroxyl groups excluding tert-OH is 1. The summed E-state index contributed by atoms with van der Waals surface area (Å²) in [7, 11) is 1.79. The number of aliphatic hydroxyl groups is 1. The molecule has 1 rings (SSSR count). The number of likely N-dealkylation sites (tertiary alicyclic amines) is 1. The van der Waals surface area contributed by atoms with Crippen molar-refractivity contribution in [3.05, 3.63) is 0 Å². The van der Waals surface area contributed by atoms with E-state index in [-0.39, 0.29) is 12.5 Å². The van der Waals surface area contributed by atoms with Gasteiger partial charge in [-0.15, -0.1) is 0 Å². The fourth-order valence-electron chi connectivity index (χ4n) is 1.67. The first-order valence-electron chi connectivity index (χ1n) is 4.36. The molecule has 2 atom stereocenters. The van der Waals surface area contributed by atoms with Crippen molar-refractivity contribution in [1.82, 2.24) is 4.90 Å². The minimum Gasteiger partial charge on any atom is -0.384 e. The Morgan fingerprint density at radius 2 is 2.15 bits per heavy atom. The van der Waals surface area contributed by atoms with Crippen molar-refractivity contribution < 1.29 is 18.3 Å². The van der Waals surface area contributed by atoms with Crippen LogP contribution in [-0.2, 0) is 0 Å². The van der Waals surface area contributed by atoms with Gasteiger partial charge in [-0.25, -0.2) is 0 Å². The predicted molar refractivity (Wildman–Crippen MR) is 42.3 cm³/mol. The topological polar surface area (TPSA) is 23.5 Å². The van der Waals surface area contributed by atoms with E-state index in [1.54, 1.807) is 7.05 Å². The largest absolute Gasteiger partial charge is 0.414 e. The molecule has 0 aromatic rings. The van der Waals surface area contributed by atoms with Gasteiger partial charge in [0.1, 0.15) is 0 Å². The van der Waals surface area contributed by atoms with Crippen molar-refractivity contribution in [2.45, 2.75) is 37.6 Å². The van der Waals surface area contributed by atoms with Gasteiger partial charge in [0.05, 0.1) is 0 Å². The molecule has 0 aromatic heterocycles. The van der Waals surface area contributed by atoms with E-state index in [2.05, 4.69) is 0 Å².